The summed E-state index contributed by atoms with van der Waals surface area (Å²) in [7, 11) is 0. The summed E-state index contributed by atoms with van der Waals surface area (Å²) in [4.78, 5) is 25.9. The third-order valence-corrected chi connectivity index (χ3v) is 5.58. The molecular weight excluding hydrogens is 406 g/mol. The summed E-state index contributed by atoms with van der Waals surface area (Å²) in [6.07, 6.45) is 0.865. The molecule has 0 bridgehead atoms. The molecule has 1 saturated heterocycles. The van der Waals surface area contributed by atoms with Crippen molar-refractivity contribution in [3.8, 4) is 5.75 Å². The molecule has 1 fully saturated rings. The number of benzene rings is 3. The number of carbonyl (C=O) groups excluding carboxylic acids is 1. The van der Waals surface area contributed by atoms with E-state index in [-0.39, 0.29) is 17.6 Å². The van der Waals surface area contributed by atoms with Crippen LogP contribution in [0.4, 0.5) is 17.1 Å². The number of ether oxygens (including phenoxy) is 1. The highest BCUT2D eigenvalue weighted by Gasteiger charge is 2.24. The average Bonchev–Trinajstić information content (AvgIpc) is 3.23. The second-order valence-electron chi connectivity index (χ2n) is 7.84. The van der Waals surface area contributed by atoms with Crippen LogP contribution in [0.15, 0.2) is 66.7 Å². The van der Waals surface area contributed by atoms with Gasteiger partial charge in [-0.05, 0) is 67.1 Å². The number of carboxylic acids is 1. The Balaban J connectivity index is 1.36. The molecule has 7 heteroatoms. The minimum absolute atomic E-state index is 0.00843. The monoisotopic (exact) mass is 431 g/mol. The second kappa shape index (κ2) is 9.01. The predicted molar refractivity (Wildman–Crippen MR) is 125 cm³/mol. The molecule has 164 valence electrons. The molecule has 3 aromatic carbocycles. The van der Waals surface area contributed by atoms with Crippen molar-refractivity contribution in [3.63, 3.8) is 0 Å². The average molecular weight is 431 g/mol. The first-order valence-electron chi connectivity index (χ1n) is 10.4. The van der Waals surface area contributed by atoms with E-state index in [0.29, 0.717) is 34.8 Å². The van der Waals surface area contributed by atoms with E-state index in [1.165, 1.54) is 0 Å². The number of nitrogens with one attached hydrogen (secondary N) is 1. The highest BCUT2D eigenvalue weighted by molar-refractivity contribution is 6.05. The Morgan fingerprint density at radius 1 is 1.09 bits per heavy atom. The molecule has 1 amide bonds. The Bertz CT molecular complexity index is 1140. The fourth-order valence-electron chi connectivity index (χ4n) is 3.83. The molecule has 0 aromatic heterocycles. The number of hydrogen-bond donors (Lipinski definition) is 3. The van der Waals surface area contributed by atoms with E-state index < -0.39 is 5.97 Å². The number of nitrogens with zero attached hydrogens (tertiary/aromatic N) is 1. The van der Waals surface area contributed by atoms with E-state index in [1.54, 1.807) is 49.4 Å². The van der Waals surface area contributed by atoms with Crippen molar-refractivity contribution in [1.29, 1.82) is 0 Å². The second-order valence-corrected chi connectivity index (χ2v) is 7.84. The van der Waals surface area contributed by atoms with E-state index in [1.807, 2.05) is 24.3 Å². The topological polar surface area (TPSA) is 105 Å². The van der Waals surface area contributed by atoms with Gasteiger partial charge in [-0.25, -0.2) is 4.79 Å². The normalized spacial score (nSPS) is 15.4. The van der Waals surface area contributed by atoms with Gasteiger partial charge in [0, 0.05) is 24.2 Å². The van der Waals surface area contributed by atoms with Gasteiger partial charge in [0.15, 0.2) is 0 Å². The molecule has 1 unspecified atom stereocenters. The van der Waals surface area contributed by atoms with Crippen LogP contribution in [-0.4, -0.2) is 36.2 Å². The Labute approximate surface area is 186 Å². The van der Waals surface area contributed by atoms with Crippen molar-refractivity contribution in [1.82, 2.24) is 0 Å². The highest BCUT2D eigenvalue weighted by atomic mass is 16.5. The number of anilines is 3. The molecule has 0 saturated carbocycles. The zero-order chi connectivity index (χ0) is 22.7. The fraction of sp³-hybridized carbons (Fsp3) is 0.200. The van der Waals surface area contributed by atoms with Crippen LogP contribution in [0.1, 0.15) is 32.7 Å². The van der Waals surface area contributed by atoms with Crippen molar-refractivity contribution in [3.05, 3.63) is 83.4 Å². The molecule has 0 aliphatic carbocycles. The lowest BCUT2D eigenvalue weighted by molar-refractivity contribution is 0.0696. The molecule has 1 heterocycles. The molecule has 32 heavy (non-hydrogen) atoms. The van der Waals surface area contributed by atoms with Crippen molar-refractivity contribution >= 4 is 28.9 Å². The van der Waals surface area contributed by atoms with Gasteiger partial charge in [-0.1, -0.05) is 12.1 Å². The van der Waals surface area contributed by atoms with Gasteiger partial charge in [-0.3, -0.25) is 4.79 Å². The summed E-state index contributed by atoms with van der Waals surface area (Å²) >= 11 is 0. The molecule has 0 spiro atoms. The van der Waals surface area contributed by atoms with Crippen LogP contribution in [0.2, 0.25) is 0 Å². The number of amides is 1. The molecular formula is C25H25N3O4. The standard InChI is InChI=1S/C25H25N3O4/c1-16-14-19(10-11-21(16)25(30)31)32-20-12-13-28(15-20)18-8-6-17(7-9-18)24(29)27-23-5-3-2-4-22(23)26/h2-11,14,20H,12-13,15,26H2,1H3,(H,27,29)(H,30,31). The first kappa shape index (κ1) is 21.2. The van der Waals surface area contributed by atoms with Crippen LogP contribution in [0.3, 0.4) is 0 Å². The molecule has 3 aromatic rings. The smallest absolute Gasteiger partial charge is 0.335 e. The zero-order valence-corrected chi connectivity index (χ0v) is 17.7. The van der Waals surface area contributed by atoms with Gasteiger partial charge in [0.1, 0.15) is 11.9 Å². The van der Waals surface area contributed by atoms with E-state index in [4.69, 9.17) is 15.6 Å². The molecule has 0 radical (unpaired) electrons. The Kier molecular flexibility index (Phi) is 5.98. The summed E-state index contributed by atoms with van der Waals surface area (Å²) in [5.41, 5.74) is 9.53. The molecule has 7 nitrogen and oxygen atoms in total. The van der Waals surface area contributed by atoms with Gasteiger partial charge in [-0.15, -0.1) is 0 Å². The molecule has 1 atom stereocenters. The Morgan fingerprint density at radius 3 is 2.53 bits per heavy atom. The molecule has 4 N–H and O–H groups in total. The fourth-order valence-corrected chi connectivity index (χ4v) is 3.83. The van der Waals surface area contributed by atoms with Crippen LogP contribution >= 0.6 is 0 Å². The number of hydrogen-bond acceptors (Lipinski definition) is 5. The number of para-hydroxylation sites is 2. The minimum Gasteiger partial charge on any atom is -0.489 e. The number of rotatable bonds is 6. The van der Waals surface area contributed by atoms with Crippen molar-refractivity contribution < 1.29 is 19.4 Å². The van der Waals surface area contributed by atoms with Gasteiger partial charge < -0.3 is 25.8 Å². The summed E-state index contributed by atoms with van der Waals surface area (Å²) in [5.74, 6) is -0.478. The quantitative estimate of drug-likeness (QED) is 0.506. The van der Waals surface area contributed by atoms with E-state index >= 15 is 0 Å². The van der Waals surface area contributed by atoms with Crippen LogP contribution < -0.4 is 20.7 Å². The maximum absolute atomic E-state index is 12.5. The lowest BCUT2D eigenvalue weighted by Crippen LogP contribution is -2.24. The lowest BCUT2D eigenvalue weighted by Gasteiger charge is -2.19. The van der Waals surface area contributed by atoms with E-state index in [2.05, 4.69) is 10.2 Å². The van der Waals surface area contributed by atoms with Crippen molar-refractivity contribution in [2.24, 2.45) is 0 Å². The predicted octanol–water partition coefficient (Wildman–Crippen LogP) is 4.19. The maximum Gasteiger partial charge on any atom is 0.335 e. The molecule has 1 aliphatic rings. The third kappa shape index (κ3) is 4.67. The Hall–Kier alpha value is -4.00. The third-order valence-electron chi connectivity index (χ3n) is 5.58. The summed E-state index contributed by atoms with van der Waals surface area (Å²) in [6.45, 7) is 3.32. The van der Waals surface area contributed by atoms with Crippen LogP contribution in [0.5, 0.6) is 5.75 Å². The van der Waals surface area contributed by atoms with Crippen molar-refractivity contribution in [2.75, 3.05) is 29.0 Å². The number of nitrogens with two attached hydrogens (primary N) is 1. The Morgan fingerprint density at radius 2 is 1.84 bits per heavy atom. The van der Waals surface area contributed by atoms with Gasteiger partial charge in [-0.2, -0.15) is 0 Å². The number of carboxylic acid groups (broad SMARTS) is 1. The molecule has 1 aliphatic heterocycles. The van der Waals surface area contributed by atoms with Gasteiger partial charge >= 0.3 is 5.97 Å². The molecule has 4 rings (SSSR count). The number of carbonyl (C=O) groups is 2. The SMILES string of the molecule is Cc1cc(OC2CCN(c3ccc(C(=O)Nc4ccccc4N)cc3)C2)ccc1C(=O)O. The van der Waals surface area contributed by atoms with Gasteiger partial charge in [0.25, 0.3) is 5.91 Å². The van der Waals surface area contributed by atoms with E-state index in [0.717, 1.165) is 18.7 Å². The van der Waals surface area contributed by atoms with Crippen LogP contribution in [-0.2, 0) is 0 Å². The lowest BCUT2D eigenvalue weighted by atomic mass is 10.1. The van der Waals surface area contributed by atoms with Gasteiger partial charge in [0.05, 0.1) is 23.5 Å². The largest absolute Gasteiger partial charge is 0.489 e. The summed E-state index contributed by atoms with van der Waals surface area (Å²) < 4.78 is 6.07. The first-order valence-corrected chi connectivity index (χ1v) is 10.4. The number of nitrogen functional groups attached to an aromatic ring is 1. The zero-order valence-electron chi connectivity index (χ0n) is 17.7. The van der Waals surface area contributed by atoms with Crippen LogP contribution in [0.25, 0.3) is 0 Å². The first-order chi connectivity index (χ1) is 15.4. The van der Waals surface area contributed by atoms with E-state index in [9.17, 15) is 9.59 Å². The maximum atomic E-state index is 12.5. The highest BCUT2D eigenvalue weighted by Crippen LogP contribution is 2.26. The number of aryl methyl sites for hydroxylation is 1. The summed E-state index contributed by atoms with van der Waals surface area (Å²) in [5, 5.41) is 12.0. The van der Waals surface area contributed by atoms with Gasteiger partial charge in [0.2, 0.25) is 0 Å². The number of aromatic carboxylic acids is 1. The minimum atomic E-state index is -0.939. The van der Waals surface area contributed by atoms with Crippen molar-refractivity contribution in [2.45, 2.75) is 19.4 Å². The van der Waals surface area contributed by atoms with Crippen LogP contribution in [0, 0.1) is 6.92 Å². The summed E-state index contributed by atoms with van der Waals surface area (Å²) in [6, 6.07) is 19.6.